The third kappa shape index (κ3) is 2.59. The fourth-order valence-corrected chi connectivity index (χ4v) is 1.93. The molecule has 0 radical (unpaired) electrons. The lowest BCUT2D eigenvalue weighted by Crippen LogP contribution is -1.84. The molecule has 2 rings (SSSR count). The summed E-state index contributed by atoms with van der Waals surface area (Å²) in [4.78, 5) is 0. The van der Waals surface area contributed by atoms with Crippen LogP contribution in [0.3, 0.4) is 0 Å². The van der Waals surface area contributed by atoms with Crippen molar-refractivity contribution in [2.24, 2.45) is 11.8 Å². The molecule has 1 saturated carbocycles. The summed E-state index contributed by atoms with van der Waals surface area (Å²) >= 11 is 0. The number of allylic oxidation sites excluding steroid dienone is 10. The molecular formula is C15H18. The van der Waals surface area contributed by atoms with Crippen LogP contribution in [0.4, 0.5) is 0 Å². The molecule has 0 aromatic heterocycles. The van der Waals surface area contributed by atoms with E-state index in [9.17, 15) is 0 Å². The predicted molar refractivity (Wildman–Crippen MR) is 66.5 cm³/mol. The molecule has 0 aromatic rings. The highest BCUT2D eigenvalue weighted by Gasteiger charge is 2.34. The summed E-state index contributed by atoms with van der Waals surface area (Å²) in [5.74, 6) is 1.70. The van der Waals surface area contributed by atoms with Gasteiger partial charge in [0.2, 0.25) is 0 Å². The standard InChI is InChI=1S/C15H18/c1-3-5-12(4-2)6-7-13-8-9-14-11-15(14)10-13/h3-10,14-15H,11H2,1-2H3/b5-3-,7-6+,12-4+. The van der Waals surface area contributed by atoms with Crippen LogP contribution in [0.25, 0.3) is 0 Å². The summed E-state index contributed by atoms with van der Waals surface area (Å²) < 4.78 is 0. The van der Waals surface area contributed by atoms with Gasteiger partial charge >= 0.3 is 0 Å². The fourth-order valence-electron chi connectivity index (χ4n) is 1.93. The van der Waals surface area contributed by atoms with Gasteiger partial charge in [0.25, 0.3) is 0 Å². The molecule has 78 valence electrons. The minimum absolute atomic E-state index is 0.838. The van der Waals surface area contributed by atoms with Gasteiger partial charge < -0.3 is 0 Å². The average molecular weight is 198 g/mol. The monoisotopic (exact) mass is 198 g/mol. The smallest absolute Gasteiger partial charge is 0.0155 e. The lowest BCUT2D eigenvalue weighted by molar-refractivity contribution is 0.971. The fraction of sp³-hybridized carbons (Fsp3) is 0.333. The highest BCUT2D eigenvalue weighted by molar-refractivity contribution is 5.42. The van der Waals surface area contributed by atoms with Crippen molar-refractivity contribution < 1.29 is 0 Å². The molecule has 0 amide bonds. The van der Waals surface area contributed by atoms with Crippen LogP contribution in [0.1, 0.15) is 20.3 Å². The Balaban J connectivity index is 2.02. The van der Waals surface area contributed by atoms with Gasteiger partial charge in [0.05, 0.1) is 0 Å². The van der Waals surface area contributed by atoms with Crippen LogP contribution in [-0.4, -0.2) is 0 Å². The first-order valence-electron chi connectivity index (χ1n) is 5.70. The minimum atomic E-state index is 0.838. The number of rotatable bonds is 3. The van der Waals surface area contributed by atoms with E-state index in [1.807, 2.05) is 6.92 Å². The summed E-state index contributed by atoms with van der Waals surface area (Å²) in [6.45, 7) is 4.12. The summed E-state index contributed by atoms with van der Waals surface area (Å²) in [6, 6.07) is 0. The molecule has 0 spiro atoms. The molecule has 0 heteroatoms. The maximum Gasteiger partial charge on any atom is -0.0155 e. The molecule has 0 bridgehead atoms. The van der Waals surface area contributed by atoms with Crippen LogP contribution < -0.4 is 0 Å². The van der Waals surface area contributed by atoms with Gasteiger partial charge in [-0.1, -0.05) is 48.6 Å². The molecule has 0 aliphatic heterocycles. The van der Waals surface area contributed by atoms with Crippen molar-refractivity contribution in [3.05, 3.63) is 59.8 Å². The Hall–Kier alpha value is -1.30. The Labute approximate surface area is 92.4 Å². The maximum atomic E-state index is 2.39. The highest BCUT2D eigenvalue weighted by atomic mass is 14.4. The topological polar surface area (TPSA) is 0 Å². The first-order valence-corrected chi connectivity index (χ1v) is 5.70. The molecule has 15 heavy (non-hydrogen) atoms. The van der Waals surface area contributed by atoms with Gasteiger partial charge in [0.1, 0.15) is 0 Å². The van der Waals surface area contributed by atoms with Crippen LogP contribution in [0.15, 0.2) is 59.8 Å². The quantitative estimate of drug-likeness (QED) is 0.596. The molecule has 0 aromatic carbocycles. The van der Waals surface area contributed by atoms with Crippen molar-refractivity contribution in [1.82, 2.24) is 0 Å². The van der Waals surface area contributed by atoms with Gasteiger partial charge in [0, 0.05) is 0 Å². The van der Waals surface area contributed by atoms with Gasteiger partial charge in [-0.2, -0.15) is 0 Å². The molecule has 0 heterocycles. The SMILES string of the molecule is C\C=C/C(/C=C/C1=CC2CC2C=C1)=C\C. The van der Waals surface area contributed by atoms with Crippen LogP contribution in [0.5, 0.6) is 0 Å². The molecule has 0 saturated heterocycles. The van der Waals surface area contributed by atoms with E-state index in [1.165, 1.54) is 17.6 Å². The molecule has 2 atom stereocenters. The summed E-state index contributed by atoms with van der Waals surface area (Å²) in [5, 5.41) is 0. The average Bonchev–Trinajstić information content (AvgIpc) is 3.02. The van der Waals surface area contributed by atoms with Crippen molar-refractivity contribution in [2.45, 2.75) is 20.3 Å². The Morgan fingerprint density at radius 2 is 2.13 bits per heavy atom. The third-order valence-electron chi connectivity index (χ3n) is 2.99. The summed E-state index contributed by atoms with van der Waals surface area (Å²) in [5.41, 5.74) is 2.63. The van der Waals surface area contributed by atoms with E-state index in [0.717, 1.165) is 11.8 Å². The highest BCUT2D eigenvalue weighted by Crippen LogP contribution is 2.44. The zero-order chi connectivity index (χ0) is 10.7. The lowest BCUT2D eigenvalue weighted by Gasteiger charge is -2.00. The van der Waals surface area contributed by atoms with Crippen molar-refractivity contribution >= 4 is 0 Å². The van der Waals surface area contributed by atoms with E-state index in [1.54, 1.807) is 0 Å². The Kier molecular flexibility index (Phi) is 3.05. The number of fused-ring (bicyclic) bond motifs is 1. The maximum absolute atomic E-state index is 2.39. The number of hydrogen-bond donors (Lipinski definition) is 0. The normalized spacial score (nSPS) is 29.7. The van der Waals surface area contributed by atoms with E-state index >= 15 is 0 Å². The number of hydrogen-bond acceptors (Lipinski definition) is 0. The molecule has 2 unspecified atom stereocenters. The zero-order valence-corrected chi connectivity index (χ0v) is 9.48. The first-order chi connectivity index (χ1) is 7.33. The lowest BCUT2D eigenvalue weighted by atomic mass is 10.1. The van der Waals surface area contributed by atoms with Gasteiger partial charge in [-0.25, -0.2) is 0 Å². The summed E-state index contributed by atoms with van der Waals surface area (Å²) in [6.07, 6.45) is 19.1. The Morgan fingerprint density at radius 3 is 2.80 bits per heavy atom. The van der Waals surface area contributed by atoms with Gasteiger partial charge in [-0.3, -0.25) is 0 Å². The second-order valence-electron chi connectivity index (χ2n) is 4.21. The van der Waals surface area contributed by atoms with Crippen molar-refractivity contribution in [3.8, 4) is 0 Å². The van der Waals surface area contributed by atoms with E-state index in [-0.39, 0.29) is 0 Å². The van der Waals surface area contributed by atoms with E-state index in [2.05, 4.69) is 55.5 Å². The van der Waals surface area contributed by atoms with E-state index < -0.39 is 0 Å². The zero-order valence-electron chi connectivity index (χ0n) is 9.48. The van der Waals surface area contributed by atoms with Gasteiger partial charge in [-0.15, -0.1) is 0 Å². The van der Waals surface area contributed by atoms with Gasteiger partial charge in [-0.05, 0) is 43.3 Å². The second-order valence-corrected chi connectivity index (χ2v) is 4.21. The van der Waals surface area contributed by atoms with E-state index in [4.69, 9.17) is 0 Å². The molecule has 2 aliphatic rings. The summed E-state index contributed by atoms with van der Waals surface area (Å²) in [7, 11) is 0. The predicted octanol–water partition coefficient (Wildman–Crippen LogP) is 4.20. The molecule has 1 fully saturated rings. The molecule has 2 aliphatic carbocycles. The Morgan fingerprint density at radius 1 is 1.27 bits per heavy atom. The van der Waals surface area contributed by atoms with Crippen molar-refractivity contribution in [3.63, 3.8) is 0 Å². The minimum Gasteiger partial charge on any atom is -0.0871 e. The van der Waals surface area contributed by atoms with Crippen LogP contribution in [-0.2, 0) is 0 Å². The second kappa shape index (κ2) is 4.48. The van der Waals surface area contributed by atoms with Crippen LogP contribution >= 0.6 is 0 Å². The largest absolute Gasteiger partial charge is 0.0871 e. The van der Waals surface area contributed by atoms with E-state index in [0.29, 0.717) is 0 Å². The molecule has 0 nitrogen and oxygen atoms in total. The van der Waals surface area contributed by atoms with Crippen molar-refractivity contribution in [2.75, 3.05) is 0 Å². The van der Waals surface area contributed by atoms with Gasteiger partial charge in [0.15, 0.2) is 0 Å². The molecule has 0 N–H and O–H groups in total. The third-order valence-corrected chi connectivity index (χ3v) is 2.99. The first kappa shape index (κ1) is 10.2. The van der Waals surface area contributed by atoms with Crippen molar-refractivity contribution in [1.29, 1.82) is 0 Å². The molecular weight excluding hydrogens is 180 g/mol. The Bertz CT molecular complexity index is 375. The van der Waals surface area contributed by atoms with Crippen LogP contribution in [0.2, 0.25) is 0 Å². The van der Waals surface area contributed by atoms with Crippen LogP contribution in [0, 0.1) is 11.8 Å².